The van der Waals surface area contributed by atoms with Crippen molar-refractivity contribution in [1.29, 1.82) is 0 Å². The number of allylic oxidation sites excluding steroid dienone is 16. The molecule has 70 heavy (non-hydrogen) atoms. The summed E-state index contributed by atoms with van der Waals surface area (Å²) < 4.78 is 3.61. The maximum atomic E-state index is 3.99. The van der Waals surface area contributed by atoms with Gasteiger partial charge in [0, 0.05) is 0 Å². The molecule has 0 nitrogen and oxygen atoms in total. The number of hydrogen-bond donors (Lipinski definition) is 0. The Morgan fingerprint density at radius 2 is 0.814 bits per heavy atom. The van der Waals surface area contributed by atoms with E-state index in [0.717, 1.165) is 12.8 Å². The maximum absolute atomic E-state index is 3.99. The number of rotatable bonds is 2. The van der Waals surface area contributed by atoms with Gasteiger partial charge in [0.25, 0.3) is 0 Å². The van der Waals surface area contributed by atoms with Crippen molar-refractivity contribution in [3.63, 3.8) is 0 Å². The molecule has 0 aliphatic heterocycles. The van der Waals surface area contributed by atoms with Crippen LogP contribution in [0, 0.1) is 33.8 Å². The second kappa shape index (κ2) is 23.2. The van der Waals surface area contributed by atoms with E-state index in [9.17, 15) is 0 Å². The predicted molar refractivity (Wildman–Crippen MR) is 289 cm³/mol. The summed E-state index contributed by atoms with van der Waals surface area (Å²) in [6.45, 7) is 32.2. The summed E-state index contributed by atoms with van der Waals surface area (Å²) in [6, 6.07) is 13.9. The first-order chi connectivity index (χ1) is 31.8. The Morgan fingerprint density at radius 3 is 1.07 bits per heavy atom. The van der Waals surface area contributed by atoms with Crippen LogP contribution in [0.4, 0.5) is 0 Å². The van der Waals surface area contributed by atoms with Crippen LogP contribution in [0.3, 0.4) is 0 Å². The molecule has 0 bridgehead atoms. The summed E-state index contributed by atoms with van der Waals surface area (Å²) in [4.78, 5) is 0. The van der Waals surface area contributed by atoms with E-state index in [2.05, 4.69) is 206 Å². The Balaban J connectivity index is 0.000000200. The first kappa shape index (κ1) is 58.8. The summed E-state index contributed by atoms with van der Waals surface area (Å²) >= 11 is 3.38. The van der Waals surface area contributed by atoms with E-state index in [4.69, 9.17) is 0 Å². The average molecular weight is 1130 g/mol. The van der Waals surface area contributed by atoms with Crippen molar-refractivity contribution in [2.75, 3.05) is 0 Å². The first-order valence-corrected chi connectivity index (χ1v) is 28.6. The molecule has 4 heteroatoms. The third-order valence-electron chi connectivity index (χ3n) is 15.8. The summed E-state index contributed by atoms with van der Waals surface area (Å²) in [5.41, 5.74) is 13.9. The van der Waals surface area contributed by atoms with Crippen LogP contribution >= 0.6 is 0 Å². The third kappa shape index (κ3) is 12.7. The van der Waals surface area contributed by atoms with E-state index in [0.29, 0.717) is 0 Å². The van der Waals surface area contributed by atoms with Gasteiger partial charge in [-0.05, 0) is 70.3 Å². The summed E-state index contributed by atoms with van der Waals surface area (Å²) in [5.74, 6) is 0. The summed E-state index contributed by atoms with van der Waals surface area (Å²) in [6.07, 6.45) is 48.0. The van der Waals surface area contributed by atoms with Crippen molar-refractivity contribution in [1.82, 2.24) is 0 Å². The predicted octanol–water partition coefficient (Wildman–Crippen LogP) is 8.42. The van der Waals surface area contributed by atoms with Crippen LogP contribution in [0.2, 0.25) is 0 Å². The zero-order chi connectivity index (χ0) is 49.5. The molecule has 0 radical (unpaired) electrons. The zero-order valence-electron chi connectivity index (χ0n) is 45.5. The van der Waals surface area contributed by atoms with Crippen molar-refractivity contribution in [2.45, 2.75) is 185 Å². The molecule has 372 valence electrons. The van der Waals surface area contributed by atoms with E-state index in [1.165, 1.54) is 141 Å². The van der Waals surface area contributed by atoms with E-state index in [-0.39, 0.29) is 57.3 Å². The van der Waals surface area contributed by atoms with E-state index in [1.807, 2.05) is 0 Å². The average Bonchev–Trinajstić information content (AvgIpc) is 4.07. The van der Waals surface area contributed by atoms with E-state index >= 15 is 0 Å². The Morgan fingerprint density at radius 1 is 0.471 bits per heavy atom. The van der Waals surface area contributed by atoms with Gasteiger partial charge in [-0.25, -0.2) is 0 Å². The fourth-order valence-corrected chi connectivity index (χ4v) is 13.0. The monoisotopic (exact) mass is 1120 g/mol. The Bertz CT molecular complexity index is 2660. The molecule has 0 N–H and O–H groups in total. The molecule has 0 spiro atoms. The van der Waals surface area contributed by atoms with Crippen LogP contribution in [0.15, 0.2) is 118 Å². The van der Waals surface area contributed by atoms with E-state index < -0.39 is 0 Å². The van der Waals surface area contributed by atoms with Crippen molar-refractivity contribution < 1.29 is 73.3 Å². The first-order valence-electron chi connectivity index (χ1n) is 26.1. The van der Waals surface area contributed by atoms with Gasteiger partial charge in [0.2, 0.25) is 0 Å². The van der Waals surface area contributed by atoms with Crippen molar-refractivity contribution in [3.8, 4) is 0 Å². The molecule has 2 saturated carbocycles. The van der Waals surface area contributed by atoms with Gasteiger partial charge in [0.15, 0.2) is 0 Å². The standard InChI is InChI=1S/2C27H31.2C6H10.2ClH.2Zr/c2*1-18-9-8-10-24(18)27(26(5,6)7)14-13-23-20(17-27)15-19-16-21(25(2,3)4)11-12-22(19)23;2*1-2-4-6-5-3-1;;;;/h2*8-9,11-16H,10H2,1-7H3;2*1-5H2;2*1H;;/q2*-1;;;;;;/p-2. The number of fused-ring (bicyclic) bond motifs is 4. The molecular formula is C66H82Cl2Zr2-4. The fraction of sp³-hybridized carbons (Fsp3) is 0.485. The summed E-state index contributed by atoms with van der Waals surface area (Å²) in [5, 5.41) is 5.37. The minimum absolute atomic E-state index is 0. The molecule has 0 aromatic heterocycles. The molecule has 0 amide bonds. The van der Waals surface area contributed by atoms with Gasteiger partial charge in [-0.3, -0.25) is 0 Å². The second-order valence-corrected chi connectivity index (χ2v) is 28.4. The second-order valence-electron chi connectivity index (χ2n) is 24.9. The quantitative estimate of drug-likeness (QED) is 0.266. The Labute approximate surface area is 467 Å². The molecule has 2 aromatic carbocycles. The van der Waals surface area contributed by atoms with Gasteiger partial charge >= 0.3 is 119 Å². The van der Waals surface area contributed by atoms with Gasteiger partial charge in [-0.2, -0.15) is 35.5 Å². The fourth-order valence-electron chi connectivity index (χ4n) is 11.3. The van der Waals surface area contributed by atoms with Gasteiger partial charge in [-0.15, -0.1) is 23.3 Å². The van der Waals surface area contributed by atoms with Crippen LogP contribution in [-0.2, 0) is 59.3 Å². The van der Waals surface area contributed by atoms with Crippen molar-refractivity contribution >= 4 is 29.7 Å². The molecular weight excluding hydrogens is 1050 g/mol. The van der Waals surface area contributed by atoms with Crippen molar-refractivity contribution in [3.05, 3.63) is 163 Å². The summed E-state index contributed by atoms with van der Waals surface area (Å²) in [7, 11) is 0. The molecule has 8 aliphatic rings. The van der Waals surface area contributed by atoms with Gasteiger partial charge < -0.3 is 24.8 Å². The normalized spacial score (nSPS) is 23.1. The van der Waals surface area contributed by atoms with Crippen LogP contribution < -0.4 is 45.7 Å². The number of halogens is 2. The minimum atomic E-state index is -0.148. The number of hydrogen-bond acceptors (Lipinski definition) is 0. The molecule has 8 aliphatic carbocycles. The number of benzene rings is 2. The van der Waals surface area contributed by atoms with E-state index in [1.54, 1.807) is 54.9 Å². The topological polar surface area (TPSA) is 0 Å². The van der Waals surface area contributed by atoms with Gasteiger partial charge in [0.05, 0.1) is 0 Å². The molecule has 2 atom stereocenters. The van der Waals surface area contributed by atoms with Gasteiger partial charge in [-0.1, -0.05) is 199 Å². The molecule has 0 saturated heterocycles. The van der Waals surface area contributed by atoms with Crippen LogP contribution in [0.5, 0.6) is 0 Å². The van der Waals surface area contributed by atoms with Crippen LogP contribution in [0.1, 0.15) is 185 Å². The van der Waals surface area contributed by atoms with Crippen molar-refractivity contribution in [2.24, 2.45) is 21.7 Å². The molecule has 2 unspecified atom stereocenters. The molecule has 2 fully saturated rings. The SMILES string of the molecule is CC1=C(C2(C(C)(C)C)[C-]=C3C=c4cc(C(C)(C)C)ccc4=C3C=C2)CC=C1.CC1=C(C2(C(C)(C)C)[C-]=C3C=c4cc(C(C)(C)C)ccc4=C3C=C2)CC=C1.[Cl-].[Cl-].[Zr]=[C]1CCCCC1.[Zr]=[C]1CCCCC1. The Kier molecular flexibility index (Phi) is 19.5. The Hall–Kier alpha value is -2.07. The van der Waals surface area contributed by atoms with Crippen LogP contribution in [-0.4, -0.2) is 6.41 Å². The van der Waals surface area contributed by atoms with Crippen LogP contribution in [0.25, 0.3) is 23.3 Å². The third-order valence-corrected chi connectivity index (χ3v) is 18.3. The molecule has 0 heterocycles. The van der Waals surface area contributed by atoms with Gasteiger partial charge in [0.1, 0.15) is 0 Å². The molecule has 2 aromatic rings. The zero-order valence-corrected chi connectivity index (χ0v) is 51.9. The molecule has 10 rings (SSSR count).